The van der Waals surface area contributed by atoms with Crippen molar-refractivity contribution in [3.8, 4) is 0 Å². The van der Waals surface area contributed by atoms with E-state index in [1.807, 2.05) is 109 Å². The average molecular weight is 1110 g/mol. The van der Waals surface area contributed by atoms with Crippen LogP contribution >= 0.6 is 7.82 Å². The van der Waals surface area contributed by atoms with Crippen LogP contribution in [0.1, 0.15) is 52.5 Å². The minimum absolute atomic E-state index is 0.280. The van der Waals surface area contributed by atoms with Gasteiger partial charge in [0, 0.05) is 0 Å². The van der Waals surface area contributed by atoms with Crippen LogP contribution in [0.4, 0.5) is 0 Å². The van der Waals surface area contributed by atoms with E-state index in [0.29, 0.717) is 33.6 Å². The number of phosphoric ester groups is 1. The van der Waals surface area contributed by atoms with Gasteiger partial charge in [0.1, 0.15) is 90.5 Å². The van der Waals surface area contributed by atoms with E-state index in [0.717, 1.165) is 16.7 Å². The van der Waals surface area contributed by atoms with Crippen molar-refractivity contribution in [1.82, 2.24) is 58.6 Å². The topological polar surface area (TPSA) is 325 Å². The lowest BCUT2D eigenvalue weighted by molar-refractivity contribution is -0.0723. The minimum atomic E-state index is -4.95. The minimum Gasteiger partial charge on any atom is -0.387 e. The van der Waals surface area contributed by atoms with Crippen LogP contribution in [0, 0.1) is 0 Å². The molecular formula is C54H51N12O13P. The highest BCUT2D eigenvalue weighted by Gasteiger charge is 2.50. The lowest BCUT2D eigenvalue weighted by Gasteiger charge is -2.24. The van der Waals surface area contributed by atoms with Gasteiger partial charge in [-0.1, -0.05) is 109 Å². The van der Waals surface area contributed by atoms with Crippen molar-refractivity contribution < 1.29 is 63.0 Å². The van der Waals surface area contributed by atoms with E-state index in [9.17, 15) is 35.2 Å². The SMILES string of the molecule is O=P(OC[C@H]1O[C@@H](n2cnc3c(/C=C/c4ccccc4)ncnc32)[C@H](O)[C@@H]1O)(OC[C@H]1O[C@@H](n2cnc3c(/C=C/c4ccccc4)ncnc32)[C@H](O)[C@@H]1O)OC[C@H]1O[C@@H](n2cnc3c(/C=C/c4ccccc4)ncnc32)[C@H](O)[C@@H]1O. The van der Waals surface area contributed by atoms with Crippen molar-refractivity contribution >= 4 is 77.8 Å². The third kappa shape index (κ3) is 10.6. The molecule has 3 aliphatic heterocycles. The lowest BCUT2D eigenvalue weighted by atomic mass is 10.1. The number of aliphatic hydroxyl groups excluding tert-OH is 6. The monoisotopic (exact) mass is 1110 g/mol. The summed E-state index contributed by atoms with van der Waals surface area (Å²) in [5, 5.41) is 68.3. The fourth-order valence-electron chi connectivity index (χ4n) is 9.65. The Morgan fingerprint density at radius 1 is 0.400 bits per heavy atom. The number of benzene rings is 3. The largest absolute Gasteiger partial charge is 0.475 e. The van der Waals surface area contributed by atoms with Gasteiger partial charge < -0.3 is 44.8 Å². The molecule has 6 N–H and O–H groups in total. The van der Waals surface area contributed by atoms with Gasteiger partial charge in [-0.3, -0.25) is 27.3 Å². The van der Waals surface area contributed by atoms with E-state index in [1.165, 1.54) is 51.7 Å². The van der Waals surface area contributed by atoms with E-state index in [1.54, 1.807) is 18.2 Å². The first kappa shape index (κ1) is 53.0. The third-order valence-electron chi connectivity index (χ3n) is 13.9. The number of hydrogen-bond donors (Lipinski definition) is 6. The number of phosphoric acid groups is 1. The van der Waals surface area contributed by atoms with Crippen LogP contribution in [0.3, 0.4) is 0 Å². The number of aromatic nitrogens is 12. The number of aliphatic hydroxyl groups is 6. The van der Waals surface area contributed by atoms with Gasteiger partial charge in [-0.2, -0.15) is 0 Å². The molecule has 80 heavy (non-hydrogen) atoms. The summed E-state index contributed by atoms with van der Waals surface area (Å²) in [5.41, 5.74) is 6.20. The highest BCUT2D eigenvalue weighted by Crippen LogP contribution is 2.52. The average Bonchev–Trinajstić information content (AvgIpc) is 4.41. The van der Waals surface area contributed by atoms with Gasteiger partial charge in [0.25, 0.3) is 0 Å². The maximum atomic E-state index is 14.9. The Morgan fingerprint density at radius 3 is 0.975 bits per heavy atom. The summed E-state index contributed by atoms with van der Waals surface area (Å²) >= 11 is 0. The molecule has 3 aliphatic rings. The number of hydrogen-bond acceptors (Lipinski definition) is 22. The lowest BCUT2D eigenvalue weighted by Crippen LogP contribution is -2.35. The maximum absolute atomic E-state index is 14.9. The molecule has 0 aliphatic carbocycles. The second kappa shape index (κ2) is 22.8. The molecule has 0 saturated carbocycles. The summed E-state index contributed by atoms with van der Waals surface area (Å²) in [6.45, 7) is -2.16. The van der Waals surface area contributed by atoms with Crippen LogP contribution in [0.2, 0.25) is 0 Å². The first-order valence-corrected chi connectivity index (χ1v) is 26.8. The molecule has 25 nitrogen and oxygen atoms in total. The fraction of sp³-hybridized carbons (Fsp3) is 0.278. The number of rotatable bonds is 18. The number of ether oxygens (including phenoxy) is 3. The number of imidazole rings is 3. The Kier molecular flexibility index (Phi) is 15.1. The van der Waals surface area contributed by atoms with Crippen LogP contribution in [0.25, 0.3) is 69.9 Å². The standard InChI is InChI=1S/C54H51N12O13P/c67-43-37(77-52(46(43)70)64-28-61-40-34(55-25-58-49(40)64)19-16-31-10-4-1-5-11-31)22-74-80(73,75-23-38-44(68)47(71)53(78-38)65-29-62-41-35(56-26-59-50(41)65)20-17-32-12-6-2-7-13-32)76-24-39-45(69)48(72)54(79-39)66-30-63-42-36(57-27-60-51(42)66)21-18-33-14-8-3-9-15-33/h1-21,25-30,37-39,43-48,52-54,67-72H,22-24H2/b19-16+,20-17+,21-18+/t37-,38-,39-,43-,44-,45-,46-,47-,48-,52-,53-,54-/m1/s1. The molecule has 0 spiro atoms. The smallest absolute Gasteiger partial charge is 0.387 e. The molecule has 9 heterocycles. The van der Waals surface area contributed by atoms with Crippen molar-refractivity contribution in [2.24, 2.45) is 0 Å². The molecule has 0 unspecified atom stereocenters. The molecule has 0 amide bonds. The number of fused-ring (bicyclic) bond motifs is 3. The predicted molar refractivity (Wildman–Crippen MR) is 285 cm³/mol. The molecule has 3 aromatic carbocycles. The highest BCUT2D eigenvalue weighted by molar-refractivity contribution is 7.48. The zero-order valence-corrected chi connectivity index (χ0v) is 42.9. The zero-order chi connectivity index (χ0) is 54.9. The van der Waals surface area contributed by atoms with Crippen LogP contribution in [-0.4, -0.2) is 164 Å². The summed E-state index contributed by atoms with van der Waals surface area (Å²) in [6, 6.07) is 28.7. The van der Waals surface area contributed by atoms with Gasteiger partial charge >= 0.3 is 7.82 Å². The molecule has 12 atom stereocenters. The van der Waals surface area contributed by atoms with E-state index in [2.05, 4.69) is 44.9 Å². The van der Waals surface area contributed by atoms with Crippen molar-refractivity contribution in [2.75, 3.05) is 19.8 Å². The zero-order valence-electron chi connectivity index (χ0n) is 42.0. The Morgan fingerprint density at radius 2 is 0.688 bits per heavy atom. The van der Waals surface area contributed by atoms with E-state index >= 15 is 0 Å². The first-order valence-electron chi connectivity index (χ1n) is 25.3. The fourth-order valence-corrected chi connectivity index (χ4v) is 10.9. The van der Waals surface area contributed by atoms with Crippen LogP contribution < -0.4 is 0 Å². The highest BCUT2D eigenvalue weighted by atomic mass is 31.2. The molecule has 3 saturated heterocycles. The third-order valence-corrected chi connectivity index (χ3v) is 15.3. The maximum Gasteiger partial charge on any atom is 0.475 e. The number of nitrogens with zero attached hydrogens (tertiary/aromatic N) is 12. The van der Waals surface area contributed by atoms with Crippen molar-refractivity contribution in [1.29, 1.82) is 0 Å². The van der Waals surface area contributed by atoms with E-state index < -0.39 is 101 Å². The van der Waals surface area contributed by atoms with Gasteiger partial charge in [-0.05, 0) is 34.9 Å². The Bertz CT molecular complexity index is 3370. The van der Waals surface area contributed by atoms with Crippen molar-refractivity contribution in [3.63, 3.8) is 0 Å². The summed E-state index contributed by atoms with van der Waals surface area (Å²) < 4.78 is 55.2. The molecule has 9 aromatic rings. The molecule has 26 heteroatoms. The Labute approximate surface area is 454 Å². The van der Waals surface area contributed by atoms with Crippen LogP contribution in [0.15, 0.2) is 129 Å². The summed E-state index contributed by atoms with van der Waals surface area (Å²) in [4.78, 5) is 39.7. The molecule has 410 valence electrons. The molecule has 12 rings (SSSR count). The predicted octanol–water partition coefficient (Wildman–Crippen LogP) is 4.03. The van der Waals surface area contributed by atoms with E-state index in [4.69, 9.17) is 27.8 Å². The normalized spacial score (nSPS) is 26.4. The van der Waals surface area contributed by atoms with Gasteiger partial charge in [-0.25, -0.2) is 49.4 Å². The van der Waals surface area contributed by atoms with Gasteiger partial charge in [0.05, 0.1) is 55.9 Å². The van der Waals surface area contributed by atoms with Gasteiger partial charge in [0.15, 0.2) is 35.6 Å². The Hall–Kier alpha value is -7.72. The molecule has 0 bridgehead atoms. The summed E-state index contributed by atoms with van der Waals surface area (Å²) in [7, 11) is -4.95. The molecule has 6 aromatic heterocycles. The second-order valence-electron chi connectivity index (χ2n) is 19.0. The van der Waals surface area contributed by atoms with Gasteiger partial charge in [-0.15, -0.1) is 0 Å². The summed E-state index contributed by atoms with van der Waals surface area (Å²) in [6.07, 6.45) is 1.42. The van der Waals surface area contributed by atoms with E-state index in [-0.39, 0.29) is 16.9 Å². The second-order valence-corrected chi connectivity index (χ2v) is 20.6. The van der Waals surface area contributed by atoms with Crippen LogP contribution in [-0.2, 0) is 32.3 Å². The first-order chi connectivity index (χ1) is 39.0. The van der Waals surface area contributed by atoms with Gasteiger partial charge in [0.2, 0.25) is 0 Å². The molecule has 0 radical (unpaired) electrons. The Balaban J connectivity index is 0.769. The summed E-state index contributed by atoms with van der Waals surface area (Å²) in [5.74, 6) is 0. The van der Waals surface area contributed by atoms with Crippen molar-refractivity contribution in [3.05, 3.63) is 163 Å². The molecular weight excluding hydrogens is 1060 g/mol. The van der Waals surface area contributed by atoms with Crippen LogP contribution in [0.5, 0.6) is 0 Å². The quantitative estimate of drug-likeness (QED) is 0.0661. The van der Waals surface area contributed by atoms with Crippen molar-refractivity contribution in [2.45, 2.75) is 73.6 Å². The molecule has 3 fully saturated rings.